The summed E-state index contributed by atoms with van der Waals surface area (Å²) in [4.78, 5) is 21.5. The molecule has 0 atom stereocenters. The third-order valence-corrected chi connectivity index (χ3v) is 6.44. The molecule has 0 aliphatic carbocycles. The van der Waals surface area contributed by atoms with Gasteiger partial charge in [0, 0.05) is 29.1 Å². The molecule has 0 spiro atoms. The molecule has 0 saturated carbocycles. The largest absolute Gasteiger partial charge is 0.351 e. The zero-order chi connectivity index (χ0) is 21.5. The molecule has 1 aliphatic heterocycles. The molecule has 3 aromatic rings. The Hall–Kier alpha value is -2.57. The normalized spacial score (nSPS) is 14.9. The lowest BCUT2D eigenvalue weighted by Gasteiger charge is -2.20. The second-order valence-corrected chi connectivity index (χ2v) is 8.82. The predicted molar refractivity (Wildman–Crippen MR) is 130 cm³/mol. The summed E-state index contributed by atoms with van der Waals surface area (Å²) in [6.07, 6.45) is 7.22. The zero-order valence-corrected chi connectivity index (χ0v) is 18.9. The van der Waals surface area contributed by atoms with Crippen molar-refractivity contribution in [2.24, 2.45) is 0 Å². The quantitative estimate of drug-likeness (QED) is 0.494. The second kappa shape index (κ2) is 10.6. The number of benzene rings is 2. The molecule has 0 unspecified atom stereocenters. The molecule has 2 heterocycles. The van der Waals surface area contributed by atoms with Crippen molar-refractivity contribution in [1.29, 1.82) is 0 Å². The van der Waals surface area contributed by atoms with Gasteiger partial charge in [-0.05, 0) is 62.5 Å². The minimum Gasteiger partial charge on any atom is -0.351 e. The molecule has 5 nitrogen and oxygen atoms in total. The minimum absolute atomic E-state index is 0.0469. The molecule has 1 aliphatic rings. The van der Waals surface area contributed by atoms with Gasteiger partial charge in [-0.2, -0.15) is 0 Å². The highest BCUT2D eigenvalue weighted by molar-refractivity contribution is 7.98. The van der Waals surface area contributed by atoms with Crippen LogP contribution in [0.5, 0.6) is 0 Å². The van der Waals surface area contributed by atoms with Crippen LogP contribution in [0.1, 0.15) is 36.0 Å². The van der Waals surface area contributed by atoms with Crippen molar-refractivity contribution in [3.05, 3.63) is 60.2 Å². The SMILES string of the molecule is CSc1cccc(Nc2cc(C(=O)NCCN3CCCCCC3)c3ccccc3n2)c1. The van der Waals surface area contributed by atoms with E-state index in [1.165, 1.54) is 30.6 Å². The highest BCUT2D eigenvalue weighted by Gasteiger charge is 2.14. The number of hydrogen-bond donors (Lipinski definition) is 2. The molecule has 1 aromatic heterocycles. The van der Waals surface area contributed by atoms with Crippen molar-refractivity contribution in [3.63, 3.8) is 0 Å². The number of carbonyl (C=O) groups is 1. The van der Waals surface area contributed by atoms with Crippen LogP contribution in [0.4, 0.5) is 11.5 Å². The monoisotopic (exact) mass is 434 g/mol. The number of aromatic nitrogens is 1. The number of anilines is 2. The van der Waals surface area contributed by atoms with Crippen molar-refractivity contribution in [2.45, 2.75) is 30.6 Å². The third kappa shape index (κ3) is 5.77. The van der Waals surface area contributed by atoms with Crippen LogP contribution in [0.25, 0.3) is 10.9 Å². The molecule has 6 heteroatoms. The fourth-order valence-corrected chi connectivity index (χ4v) is 4.52. The van der Waals surface area contributed by atoms with E-state index in [4.69, 9.17) is 4.98 Å². The van der Waals surface area contributed by atoms with E-state index in [1.807, 2.05) is 42.5 Å². The molecule has 1 fully saturated rings. The van der Waals surface area contributed by atoms with E-state index >= 15 is 0 Å². The molecular weight excluding hydrogens is 404 g/mol. The molecule has 2 N–H and O–H groups in total. The van der Waals surface area contributed by atoms with Crippen molar-refractivity contribution in [2.75, 3.05) is 37.8 Å². The number of nitrogens with one attached hydrogen (secondary N) is 2. The molecular formula is C25H30N4OS. The van der Waals surface area contributed by atoms with Gasteiger partial charge < -0.3 is 15.5 Å². The summed E-state index contributed by atoms with van der Waals surface area (Å²) >= 11 is 1.70. The third-order valence-electron chi connectivity index (χ3n) is 5.72. The molecule has 1 saturated heterocycles. The standard InChI is InChI=1S/C25H30N4OS/c1-31-20-10-8-9-19(17-20)27-24-18-22(21-11-4-5-12-23(21)28-24)25(30)26-13-16-29-14-6-2-3-7-15-29/h4-5,8-12,17-18H,2-3,6-7,13-16H2,1H3,(H,26,30)(H,27,28). The summed E-state index contributed by atoms with van der Waals surface area (Å²) < 4.78 is 0. The van der Waals surface area contributed by atoms with Crippen LogP contribution in [0.3, 0.4) is 0 Å². The summed E-state index contributed by atoms with van der Waals surface area (Å²) in [5, 5.41) is 7.37. The Morgan fingerprint density at radius 3 is 2.65 bits per heavy atom. The Morgan fingerprint density at radius 1 is 1.03 bits per heavy atom. The smallest absolute Gasteiger partial charge is 0.252 e. The van der Waals surface area contributed by atoms with Gasteiger partial charge in [-0.1, -0.05) is 37.1 Å². The van der Waals surface area contributed by atoms with Gasteiger partial charge in [0.05, 0.1) is 11.1 Å². The summed E-state index contributed by atoms with van der Waals surface area (Å²) in [6.45, 7) is 3.84. The van der Waals surface area contributed by atoms with Gasteiger partial charge in [0.1, 0.15) is 5.82 Å². The van der Waals surface area contributed by atoms with Crippen LogP contribution in [0, 0.1) is 0 Å². The van der Waals surface area contributed by atoms with Gasteiger partial charge in [0.25, 0.3) is 5.91 Å². The maximum atomic E-state index is 13.1. The van der Waals surface area contributed by atoms with Gasteiger partial charge in [-0.3, -0.25) is 4.79 Å². The van der Waals surface area contributed by atoms with E-state index in [-0.39, 0.29) is 5.91 Å². The fourth-order valence-electron chi connectivity index (χ4n) is 4.06. The lowest BCUT2D eigenvalue weighted by Crippen LogP contribution is -2.35. The maximum absolute atomic E-state index is 13.1. The summed E-state index contributed by atoms with van der Waals surface area (Å²) in [5.74, 6) is 0.629. The summed E-state index contributed by atoms with van der Waals surface area (Å²) in [6, 6.07) is 17.9. The molecule has 4 rings (SSSR count). The van der Waals surface area contributed by atoms with Gasteiger partial charge in [-0.15, -0.1) is 11.8 Å². The number of thioether (sulfide) groups is 1. The first-order valence-electron chi connectivity index (χ1n) is 11.0. The highest BCUT2D eigenvalue weighted by Crippen LogP contribution is 2.25. The van der Waals surface area contributed by atoms with Crippen LogP contribution in [0.2, 0.25) is 0 Å². The van der Waals surface area contributed by atoms with Crippen LogP contribution >= 0.6 is 11.8 Å². The van der Waals surface area contributed by atoms with Crippen molar-refractivity contribution in [1.82, 2.24) is 15.2 Å². The predicted octanol–water partition coefficient (Wildman–Crippen LogP) is 5.31. The Balaban J connectivity index is 1.50. The van der Waals surface area contributed by atoms with Gasteiger partial charge >= 0.3 is 0 Å². The number of carbonyl (C=O) groups excluding carboxylic acids is 1. The molecule has 0 bridgehead atoms. The number of pyridine rings is 1. The molecule has 31 heavy (non-hydrogen) atoms. The fraction of sp³-hybridized carbons (Fsp3) is 0.360. The maximum Gasteiger partial charge on any atom is 0.252 e. The Labute approximate surface area is 188 Å². The van der Waals surface area contributed by atoms with Crippen LogP contribution in [-0.4, -0.2) is 48.2 Å². The number of rotatable bonds is 7. The van der Waals surface area contributed by atoms with Gasteiger partial charge in [-0.25, -0.2) is 4.98 Å². The van der Waals surface area contributed by atoms with Crippen LogP contribution in [0.15, 0.2) is 59.5 Å². The summed E-state index contributed by atoms with van der Waals surface area (Å²) in [7, 11) is 0. The average molecular weight is 435 g/mol. The van der Waals surface area contributed by atoms with E-state index in [0.29, 0.717) is 17.9 Å². The number of nitrogens with zero attached hydrogens (tertiary/aromatic N) is 2. The number of amides is 1. The highest BCUT2D eigenvalue weighted by atomic mass is 32.2. The molecule has 1 amide bonds. The number of likely N-dealkylation sites (tertiary alicyclic amines) is 1. The minimum atomic E-state index is -0.0469. The topological polar surface area (TPSA) is 57.3 Å². The summed E-state index contributed by atoms with van der Waals surface area (Å²) in [5.41, 5.74) is 2.43. The first-order chi connectivity index (χ1) is 15.2. The lowest BCUT2D eigenvalue weighted by molar-refractivity contribution is 0.0950. The van der Waals surface area contributed by atoms with Gasteiger partial charge in [0.15, 0.2) is 0 Å². The Bertz CT molecular complexity index is 1030. The van der Waals surface area contributed by atoms with E-state index in [9.17, 15) is 4.79 Å². The van der Waals surface area contributed by atoms with Crippen molar-refractivity contribution >= 4 is 40.1 Å². The van der Waals surface area contributed by atoms with Crippen LogP contribution in [-0.2, 0) is 0 Å². The first kappa shape index (κ1) is 21.7. The molecule has 2 aromatic carbocycles. The number of para-hydroxylation sites is 1. The van der Waals surface area contributed by atoms with Crippen molar-refractivity contribution in [3.8, 4) is 0 Å². The Kier molecular flexibility index (Phi) is 7.43. The second-order valence-electron chi connectivity index (χ2n) is 7.94. The number of fused-ring (bicyclic) bond motifs is 1. The molecule has 0 radical (unpaired) electrons. The van der Waals surface area contributed by atoms with E-state index in [1.54, 1.807) is 11.8 Å². The van der Waals surface area contributed by atoms with E-state index < -0.39 is 0 Å². The van der Waals surface area contributed by atoms with Gasteiger partial charge in [0.2, 0.25) is 0 Å². The van der Waals surface area contributed by atoms with E-state index in [0.717, 1.165) is 36.2 Å². The van der Waals surface area contributed by atoms with Crippen LogP contribution < -0.4 is 10.6 Å². The first-order valence-corrected chi connectivity index (χ1v) is 12.3. The molecule has 162 valence electrons. The lowest BCUT2D eigenvalue weighted by atomic mass is 10.1. The zero-order valence-electron chi connectivity index (χ0n) is 18.1. The van der Waals surface area contributed by atoms with E-state index in [2.05, 4.69) is 33.9 Å². The number of hydrogen-bond acceptors (Lipinski definition) is 5. The Morgan fingerprint density at radius 2 is 1.84 bits per heavy atom. The average Bonchev–Trinajstić information content (AvgIpc) is 3.07. The van der Waals surface area contributed by atoms with Crippen molar-refractivity contribution < 1.29 is 4.79 Å².